The number of carbonyl (C=O) groups excluding carboxylic acids is 3. The zero-order chi connectivity index (χ0) is 13.5. The molecular weight excluding hydrogens is 224 g/mol. The van der Waals surface area contributed by atoms with Crippen LogP contribution in [0.25, 0.3) is 0 Å². The molecule has 0 amide bonds. The van der Waals surface area contributed by atoms with Gasteiger partial charge < -0.3 is 9.47 Å². The molecule has 0 aromatic rings. The first-order valence-corrected chi connectivity index (χ1v) is 5.78. The smallest absolute Gasteiger partial charge is 0.323 e. The molecular formula is C12H20O5. The van der Waals surface area contributed by atoms with Crippen LogP contribution in [0.2, 0.25) is 0 Å². The molecule has 17 heavy (non-hydrogen) atoms. The van der Waals surface area contributed by atoms with Gasteiger partial charge in [0.15, 0.2) is 5.41 Å². The average molecular weight is 244 g/mol. The molecule has 5 nitrogen and oxygen atoms in total. The molecule has 0 radical (unpaired) electrons. The minimum atomic E-state index is -1.49. The highest BCUT2D eigenvalue weighted by Crippen LogP contribution is 2.30. The van der Waals surface area contributed by atoms with Gasteiger partial charge >= 0.3 is 11.9 Å². The third kappa shape index (κ3) is 3.84. The fourth-order valence-electron chi connectivity index (χ4n) is 1.60. The standard InChI is InChI=1S/C12H20O5/c1-5-12(8-9(4)13,10(14)16-6-2)11(15)17-7-3/h5-8H2,1-4H3. The molecule has 0 aliphatic rings. The molecule has 0 aliphatic carbocycles. The van der Waals surface area contributed by atoms with E-state index in [0.717, 1.165) is 0 Å². The van der Waals surface area contributed by atoms with E-state index >= 15 is 0 Å². The maximum absolute atomic E-state index is 11.9. The van der Waals surface area contributed by atoms with Gasteiger partial charge in [-0.05, 0) is 27.2 Å². The average Bonchev–Trinajstić information content (AvgIpc) is 2.26. The second kappa shape index (κ2) is 7.04. The molecule has 98 valence electrons. The first-order valence-electron chi connectivity index (χ1n) is 5.78. The molecule has 0 aromatic carbocycles. The number of ether oxygens (including phenoxy) is 2. The monoisotopic (exact) mass is 244 g/mol. The van der Waals surface area contributed by atoms with Gasteiger partial charge in [0.2, 0.25) is 0 Å². The molecule has 0 fully saturated rings. The van der Waals surface area contributed by atoms with Crippen molar-refractivity contribution in [2.24, 2.45) is 5.41 Å². The topological polar surface area (TPSA) is 69.7 Å². The van der Waals surface area contributed by atoms with Crippen molar-refractivity contribution in [2.75, 3.05) is 13.2 Å². The van der Waals surface area contributed by atoms with E-state index in [1.54, 1.807) is 20.8 Å². The Morgan fingerprint density at radius 3 is 1.59 bits per heavy atom. The molecule has 0 saturated heterocycles. The summed E-state index contributed by atoms with van der Waals surface area (Å²) in [5, 5.41) is 0. The van der Waals surface area contributed by atoms with Gasteiger partial charge in [-0.3, -0.25) is 14.4 Å². The summed E-state index contributed by atoms with van der Waals surface area (Å²) < 4.78 is 9.75. The second-order valence-corrected chi connectivity index (χ2v) is 3.76. The Morgan fingerprint density at radius 1 is 0.941 bits per heavy atom. The summed E-state index contributed by atoms with van der Waals surface area (Å²) in [5.41, 5.74) is -1.49. The van der Waals surface area contributed by atoms with Gasteiger partial charge in [-0.2, -0.15) is 0 Å². The van der Waals surface area contributed by atoms with Crippen molar-refractivity contribution in [3.63, 3.8) is 0 Å². The fraction of sp³-hybridized carbons (Fsp3) is 0.750. The second-order valence-electron chi connectivity index (χ2n) is 3.76. The lowest BCUT2D eigenvalue weighted by Gasteiger charge is -2.26. The Labute approximate surface area is 101 Å². The molecule has 0 saturated carbocycles. The van der Waals surface area contributed by atoms with Crippen LogP contribution >= 0.6 is 0 Å². The van der Waals surface area contributed by atoms with E-state index in [4.69, 9.17) is 9.47 Å². The summed E-state index contributed by atoms with van der Waals surface area (Å²) in [6.45, 7) is 6.63. The number of hydrogen-bond acceptors (Lipinski definition) is 5. The quantitative estimate of drug-likeness (QED) is 0.501. The van der Waals surface area contributed by atoms with Crippen molar-refractivity contribution in [1.29, 1.82) is 0 Å². The predicted octanol–water partition coefficient (Wildman–Crippen LogP) is 1.49. The number of Topliss-reactive ketones (excluding diaryl/α,β-unsaturated/α-hetero) is 1. The first kappa shape index (κ1) is 15.6. The van der Waals surface area contributed by atoms with E-state index in [1.807, 2.05) is 0 Å². The van der Waals surface area contributed by atoms with E-state index in [9.17, 15) is 14.4 Å². The Balaban J connectivity index is 5.19. The fourth-order valence-corrected chi connectivity index (χ4v) is 1.60. The van der Waals surface area contributed by atoms with Crippen molar-refractivity contribution in [3.05, 3.63) is 0 Å². The Morgan fingerprint density at radius 2 is 1.35 bits per heavy atom. The van der Waals surface area contributed by atoms with Gasteiger partial charge in [-0.1, -0.05) is 6.92 Å². The molecule has 0 rings (SSSR count). The zero-order valence-corrected chi connectivity index (χ0v) is 10.9. The van der Waals surface area contributed by atoms with Crippen molar-refractivity contribution >= 4 is 17.7 Å². The first-order chi connectivity index (χ1) is 7.94. The minimum Gasteiger partial charge on any atom is -0.465 e. The molecule has 0 unspecified atom stereocenters. The lowest BCUT2D eigenvalue weighted by atomic mass is 9.80. The molecule has 0 atom stereocenters. The Kier molecular flexibility index (Phi) is 6.46. The van der Waals surface area contributed by atoms with Crippen LogP contribution in [0, 0.1) is 5.41 Å². The van der Waals surface area contributed by atoms with Crippen LogP contribution in [0.5, 0.6) is 0 Å². The highest BCUT2D eigenvalue weighted by atomic mass is 16.6. The summed E-state index contributed by atoms with van der Waals surface area (Å²) in [5.74, 6) is -1.61. The van der Waals surface area contributed by atoms with Gasteiger partial charge in [0.25, 0.3) is 0 Å². The summed E-state index contributed by atoms with van der Waals surface area (Å²) in [7, 11) is 0. The largest absolute Gasteiger partial charge is 0.465 e. The van der Waals surface area contributed by atoms with Crippen LogP contribution in [0.1, 0.15) is 40.5 Å². The highest BCUT2D eigenvalue weighted by Gasteiger charge is 2.48. The number of carbonyl (C=O) groups is 3. The molecule has 0 bridgehead atoms. The van der Waals surface area contributed by atoms with Crippen molar-refractivity contribution in [2.45, 2.75) is 40.5 Å². The summed E-state index contributed by atoms with van der Waals surface area (Å²) in [6.07, 6.45) is 0.00537. The molecule has 0 aromatic heterocycles. The van der Waals surface area contributed by atoms with Crippen molar-refractivity contribution < 1.29 is 23.9 Å². The van der Waals surface area contributed by atoms with E-state index in [1.165, 1.54) is 6.92 Å². The maximum atomic E-state index is 11.9. The maximum Gasteiger partial charge on any atom is 0.323 e. The molecule has 0 aliphatic heterocycles. The lowest BCUT2D eigenvalue weighted by molar-refractivity contribution is -0.174. The van der Waals surface area contributed by atoms with Crippen LogP contribution in [0.4, 0.5) is 0 Å². The predicted molar refractivity (Wildman–Crippen MR) is 61.3 cm³/mol. The van der Waals surface area contributed by atoms with E-state index in [2.05, 4.69) is 0 Å². The number of hydrogen-bond donors (Lipinski definition) is 0. The lowest BCUT2D eigenvalue weighted by Crippen LogP contribution is -2.43. The van der Waals surface area contributed by atoms with E-state index < -0.39 is 17.4 Å². The Bertz CT molecular complexity index is 277. The molecule has 0 heterocycles. The SMILES string of the molecule is CCOC(=O)C(CC)(CC(C)=O)C(=O)OCC. The van der Waals surface area contributed by atoms with Crippen LogP contribution in [-0.4, -0.2) is 30.9 Å². The van der Waals surface area contributed by atoms with Gasteiger partial charge in [0.1, 0.15) is 5.78 Å². The van der Waals surface area contributed by atoms with Crippen molar-refractivity contribution in [1.82, 2.24) is 0 Å². The summed E-state index contributed by atoms with van der Waals surface area (Å²) >= 11 is 0. The highest BCUT2D eigenvalue weighted by molar-refractivity contribution is 6.03. The molecule has 0 N–H and O–H groups in total. The summed E-state index contributed by atoms with van der Waals surface area (Å²) in [6, 6.07) is 0. The third-order valence-corrected chi connectivity index (χ3v) is 2.49. The number of esters is 2. The molecule has 5 heteroatoms. The van der Waals surface area contributed by atoms with Gasteiger partial charge in [0, 0.05) is 6.42 Å². The number of ketones is 1. The van der Waals surface area contributed by atoms with Crippen LogP contribution in [-0.2, 0) is 23.9 Å². The van der Waals surface area contributed by atoms with Gasteiger partial charge in [0.05, 0.1) is 13.2 Å². The van der Waals surface area contributed by atoms with Gasteiger partial charge in [-0.15, -0.1) is 0 Å². The van der Waals surface area contributed by atoms with E-state index in [0.29, 0.717) is 0 Å². The normalized spacial score (nSPS) is 10.8. The molecule has 0 spiro atoms. The minimum absolute atomic E-state index is 0.165. The van der Waals surface area contributed by atoms with E-state index in [-0.39, 0.29) is 31.8 Å². The third-order valence-electron chi connectivity index (χ3n) is 2.49. The summed E-state index contributed by atoms with van der Waals surface area (Å²) in [4.78, 5) is 35.0. The number of rotatable bonds is 7. The zero-order valence-electron chi connectivity index (χ0n) is 10.9. The Hall–Kier alpha value is -1.39. The van der Waals surface area contributed by atoms with Crippen molar-refractivity contribution in [3.8, 4) is 0 Å². The van der Waals surface area contributed by atoms with Crippen LogP contribution in [0.15, 0.2) is 0 Å². The van der Waals surface area contributed by atoms with Gasteiger partial charge in [-0.25, -0.2) is 0 Å². The van der Waals surface area contributed by atoms with Crippen LogP contribution < -0.4 is 0 Å². The van der Waals surface area contributed by atoms with Crippen LogP contribution in [0.3, 0.4) is 0 Å².